The molecule has 0 spiro atoms. The predicted octanol–water partition coefficient (Wildman–Crippen LogP) is 7.24. The van der Waals surface area contributed by atoms with E-state index in [4.69, 9.17) is 9.72 Å². The van der Waals surface area contributed by atoms with Gasteiger partial charge in [0.25, 0.3) is 0 Å². The minimum absolute atomic E-state index is 0.0685. The number of thiazole rings is 1. The standard InChI is InChI=1S/C31H29N3O3S2/c1-31(2)16-23-28(25(35)17-31)29(19-12-14-20(37-3)15-13-19)34(24-10-6-4-8-21(24)32-23)27(36)18-38-30-33-22-9-5-7-11-26(22)39-30/h4-15,29,32H,16-18H2,1-3H3. The number of nitrogens with zero attached hydrogens (tertiary/aromatic N) is 2. The van der Waals surface area contributed by atoms with Crippen molar-refractivity contribution in [1.29, 1.82) is 0 Å². The number of rotatable bonds is 5. The zero-order valence-corrected chi connectivity index (χ0v) is 23.7. The van der Waals surface area contributed by atoms with Crippen LogP contribution >= 0.6 is 23.1 Å². The fourth-order valence-electron chi connectivity index (χ4n) is 5.47. The van der Waals surface area contributed by atoms with Gasteiger partial charge in [0.05, 0.1) is 40.5 Å². The van der Waals surface area contributed by atoms with Gasteiger partial charge in [0.1, 0.15) is 5.75 Å². The number of thioether (sulfide) groups is 1. The van der Waals surface area contributed by atoms with Crippen LogP contribution in [0, 0.1) is 5.41 Å². The summed E-state index contributed by atoms with van der Waals surface area (Å²) in [5.41, 5.74) is 4.76. The second-order valence-corrected chi connectivity index (χ2v) is 12.9. The molecular weight excluding hydrogens is 526 g/mol. The Morgan fingerprint density at radius 1 is 1.08 bits per heavy atom. The maximum Gasteiger partial charge on any atom is 0.238 e. The number of nitrogens with one attached hydrogen (secondary N) is 1. The number of anilines is 2. The lowest BCUT2D eigenvalue weighted by Gasteiger charge is -2.37. The van der Waals surface area contributed by atoms with Gasteiger partial charge in [-0.2, -0.15) is 0 Å². The lowest BCUT2D eigenvalue weighted by molar-refractivity contribution is -0.118. The molecule has 1 aromatic heterocycles. The first-order valence-corrected chi connectivity index (χ1v) is 14.7. The smallest absolute Gasteiger partial charge is 0.238 e. The molecule has 2 aliphatic rings. The fourth-order valence-corrected chi connectivity index (χ4v) is 7.40. The molecular formula is C31H29N3O3S2. The Hall–Kier alpha value is -3.62. The number of aromatic nitrogens is 1. The molecule has 0 bridgehead atoms. The molecule has 0 fully saturated rings. The van der Waals surface area contributed by atoms with Gasteiger partial charge in [-0.1, -0.05) is 62.0 Å². The van der Waals surface area contributed by atoms with Crippen LogP contribution in [0.15, 0.2) is 88.4 Å². The van der Waals surface area contributed by atoms with Crippen LogP contribution in [0.5, 0.6) is 5.75 Å². The highest BCUT2D eigenvalue weighted by atomic mass is 32.2. The zero-order chi connectivity index (χ0) is 27.1. The monoisotopic (exact) mass is 555 g/mol. The third-order valence-electron chi connectivity index (χ3n) is 7.19. The summed E-state index contributed by atoms with van der Waals surface area (Å²) in [4.78, 5) is 34.6. The van der Waals surface area contributed by atoms with E-state index < -0.39 is 6.04 Å². The fraction of sp³-hybridized carbons (Fsp3) is 0.258. The molecule has 0 saturated carbocycles. The first-order valence-electron chi connectivity index (χ1n) is 12.9. The van der Waals surface area contributed by atoms with Crippen molar-refractivity contribution < 1.29 is 14.3 Å². The number of methoxy groups -OCH3 is 1. The van der Waals surface area contributed by atoms with E-state index in [1.165, 1.54) is 11.8 Å². The number of amides is 1. The molecule has 2 heterocycles. The van der Waals surface area contributed by atoms with E-state index in [1.807, 2.05) is 77.7 Å². The van der Waals surface area contributed by atoms with E-state index in [0.717, 1.165) is 49.4 Å². The van der Waals surface area contributed by atoms with Gasteiger partial charge < -0.3 is 10.1 Å². The molecule has 1 aliphatic carbocycles. The third-order valence-corrected chi connectivity index (χ3v) is 9.36. The number of allylic oxidation sites excluding steroid dienone is 1. The summed E-state index contributed by atoms with van der Waals surface area (Å²) in [6, 6.07) is 22.9. The van der Waals surface area contributed by atoms with Crippen molar-refractivity contribution in [3.05, 3.63) is 89.6 Å². The maximum atomic E-state index is 14.2. The molecule has 3 aromatic carbocycles. The Bertz CT molecular complexity index is 1570. The predicted molar refractivity (Wildman–Crippen MR) is 159 cm³/mol. The number of ketones is 1. The molecule has 1 atom stereocenters. The van der Waals surface area contributed by atoms with Crippen molar-refractivity contribution in [2.45, 2.75) is 37.1 Å². The minimum Gasteiger partial charge on any atom is -0.497 e. The minimum atomic E-state index is -0.561. The number of benzene rings is 3. The number of carbonyl (C=O) groups excluding carboxylic acids is 2. The highest BCUT2D eigenvalue weighted by Gasteiger charge is 2.43. The maximum absolute atomic E-state index is 14.2. The Labute approximate surface area is 236 Å². The van der Waals surface area contributed by atoms with Gasteiger partial charge in [-0.3, -0.25) is 14.5 Å². The summed E-state index contributed by atoms with van der Waals surface area (Å²) < 4.78 is 7.34. The molecule has 198 valence electrons. The Morgan fingerprint density at radius 2 is 1.82 bits per heavy atom. The van der Waals surface area contributed by atoms with E-state index in [1.54, 1.807) is 18.4 Å². The second kappa shape index (κ2) is 10.2. The van der Waals surface area contributed by atoms with Gasteiger partial charge in [0.2, 0.25) is 5.91 Å². The lowest BCUT2D eigenvalue weighted by atomic mass is 9.73. The second-order valence-electron chi connectivity index (χ2n) is 10.7. The molecule has 6 rings (SSSR count). The highest BCUT2D eigenvalue weighted by molar-refractivity contribution is 8.01. The van der Waals surface area contributed by atoms with E-state index in [0.29, 0.717) is 12.0 Å². The summed E-state index contributed by atoms with van der Waals surface area (Å²) in [5.74, 6) is 0.906. The number of ether oxygens (including phenoxy) is 1. The van der Waals surface area contributed by atoms with Crippen LogP contribution in [-0.4, -0.2) is 29.5 Å². The number of para-hydroxylation sites is 3. The topological polar surface area (TPSA) is 71.5 Å². The summed E-state index contributed by atoms with van der Waals surface area (Å²) in [6.07, 6.45) is 1.15. The van der Waals surface area contributed by atoms with Crippen LogP contribution in [0.1, 0.15) is 38.3 Å². The van der Waals surface area contributed by atoms with Crippen molar-refractivity contribution in [3.8, 4) is 5.75 Å². The van der Waals surface area contributed by atoms with E-state index >= 15 is 0 Å². The zero-order valence-electron chi connectivity index (χ0n) is 22.1. The molecule has 6 nitrogen and oxygen atoms in total. The van der Waals surface area contributed by atoms with Gasteiger partial charge in [0.15, 0.2) is 10.1 Å². The van der Waals surface area contributed by atoms with Crippen LogP contribution in [0.4, 0.5) is 11.4 Å². The van der Waals surface area contributed by atoms with Crippen LogP contribution in [0.2, 0.25) is 0 Å². The molecule has 8 heteroatoms. The molecule has 1 unspecified atom stereocenters. The van der Waals surface area contributed by atoms with Crippen molar-refractivity contribution in [2.75, 3.05) is 23.1 Å². The summed E-state index contributed by atoms with van der Waals surface area (Å²) >= 11 is 3.02. The van der Waals surface area contributed by atoms with E-state index in [2.05, 4.69) is 19.2 Å². The molecule has 1 N–H and O–H groups in total. The first-order chi connectivity index (χ1) is 18.8. The van der Waals surface area contributed by atoms with Crippen molar-refractivity contribution in [1.82, 2.24) is 4.98 Å². The normalized spacial score (nSPS) is 18.3. The molecule has 0 saturated heterocycles. The number of hydrogen-bond acceptors (Lipinski definition) is 7. The van der Waals surface area contributed by atoms with Crippen LogP contribution < -0.4 is 15.0 Å². The summed E-state index contributed by atoms with van der Waals surface area (Å²) in [7, 11) is 1.63. The molecule has 39 heavy (non-hydrogen) atoms. The molecule has 4 aromatic rings. The number of Topliss-reactive ketones (excluding diaryl/α,β-unsaturated/α-hetero) is 1. The summed E-state index contributed by atoms with van der Waals surface area (Å²) in [6.45, 7) is 4.24. The Kier molecular flexibility index (Phi) is 6.69. The van der Waals surface area contributed by atoms with Crippen LogP contribution in [0.3, 0.4) is 0 Å². The molecule has 1 amide bonds. The van der Waals surface area contributed by atoms with E-state index in [-0.39, 0.29) is 22.9 Å². The Morgan fingerprint density at radius 3 is 2.59 bits per heavy atom. The van der Waals surface area contributed by atoms with Gasteiger partial charge >= 0.3 is 0 Å². The molecule has 0 radical (unpaired) electrons. The number of carbonyl (C=O) groups is 2. The SMILES string of the molecule is COc1ccc(C2C3=C(CC(C)(C)CC3=O)Nc3ccccc3N2C(=O)CSc2nc3ccccc3s2)cc1. The average molecular weight is 556 g/mol. The largest absolute Gasteiger partial charge is 0.497 e. The average Bonchev–Trinajstić information content (AvgIpc) is 3.28. The van der Waals surface area contributed by atoms with Gasteiger partial charge in [0, 0.05) is 17.7 Å². The van der Waals surface area contributed by atoms with E-state index in [9.17, 15) is 9.59 Å². The third kappa shape index (κ3) is 4.94. The first kappa shape index (κ1) is 25.6. The van der Waals surface area contributed by atoms with Crippen molar-refractivity contribution in [3.63, 3.8) is 0 Å². The number of hydrogen-bond donors (Lipinski definition) is 1. The van der Waals surface area contributed by atoms with Gasteiger partial charge in [-0.15, -0.1) is 11.3 Å². The molecule has 1 aliphatic heterocycles. The van der Waals surface area contributed by atoms with Crippen molar-refractivity contribution >= 4 is 56.4 Å². The highest BCUT2D eigenvalue weighted by Crippen LogP contribution is 2.48. The van der Waals surface area contributed by atoms with Crippen molar-refractivity contribution in [2.24, 2.45) is 5.41 Å². The number of fused-ring (bicyclic) bond motifs is 2. The van der Waals surface area contributed by atoms with Gasteiger partial charge in [-0.25, -0.2) is 4.98 Å². The van der Waals surface area contributed by atoms with Crippen LogP contribution in [-0.2, 0) is 9.59 Å². The lowest BCUT2D eigenvalue weighted by Crippen LogP contribution is -2.40. The summed E-state index contributed by atoms with van der Waals surface area (Å²) in [5, 5.41) is 3.57. The Balaban J connectivity index is 1.45. The van der Waals surface area contributed by atoms with Crippen LogP contribution in [0.25, 0.3) is 10.2 Å². The van der Waals surface area contributed by atoms with Gasteiger partial charge in [-0.05, 0) is 53.8 Å². The quantitative estimate of drug-likeness (QED) is 0.262.